The van der Waals surface area contributed by atoms with E-state index in [1.807, 2.05) is 0 Å². The number of rotatable bonds is 9. The Labute approximate surface area is 304 Å². The highest BCUT2D eigenvalue weighted by atomic mass is 16.7. The Morgan fingerprint density at radius 3 is 2.04 bits per heavy atom. The molecule has 3 aliphatic heterocycles. The molecule has 20 nitrogen and oxygen atoms in total. The van der Waals surface area contributed by atoms with Crippen molar-refractivity contribution >= 4 is 11.0 Å². The molecule has 0 spiro atoms. The molecule has 0 radical (unpaired) electrons. The lowest BCUT2D eigenvalue weighted by molar-refractivity contribution is -0.318. The van der Waals surface area contributed by atoms with Gasteiger partial charge < -0.3 is 94.1 Å². The van der Waals surface area contributed by atoms with Crippen molar-refractivity contribution < 1.29 is 94.1 Å². The molecular formula is C34H42O20. The minimum Gasteiger partial charge on any atom is -0.506 e. The maximum absolute atomic E-state index is 13.6. The maximum Gasteiger partial charge on any atom is 0.229 e. The van der Waals surface area contributed by atoms with E-state index in [1.165, 1.54) is 32.2 Å². The Balaban J connectivity index is 1.40. The van der Waals surface area contributed by atoms with Crippen molar-refractivity contribution in [2.75, 3.05) is 20.3 Å². The zero-order chi connectivity index (χ0) is 39.3. The summed E-state index contributed by atoms with van der Waals surface area (Å²) in [4.78, 5) is 13.6. The monoisotopic (exact) mass is 770 g/mol. The molecule has 15 atom stereocenters. The van der Waals surface area contributed by atoms with Crippen LogP contribution in [-0.4, -0.2) is 167 Å². The average Bonchev–Trinajstić information content (AvgIpc) is 3.15. The zero-order valence-electron chi connectivity index (χ0n) is 28.6. The molecule has 3 saturated heterocycles. The van der Waals surface area contributed by atoms with Crippen molar-refractivity contribution in [1.29, 1.82) is 0 Å². The van der Waals surface area contributed by atoms with Crippen LogP contribution in [0.3, 0.4) is 0 Å². The average molecular weight is 771 g/mol. The van der Waals surface area contributed by atoms with E-state index < -0.39 is 133 Å². The second-order valence-corrected chi connectivity index (χ2v) is 13.3. The minimum atomic E-state index is -2.03. The summed E-state index contributed by atoms with van der Waals surface area (Å²) in [6.45, 7) is -0.110. The second-order valence-electron chi connectivity index (χ2n) is 13.3. The van der Waals surface area contributed by atoms with Crippen LogP contribution >= 0.6 is 0 Å². The highest BCUT2D eigenvalue weighted by Crippen LogP contribution is 2.46. The fraction of sp³-hybridized carbons (Fsp3) is 0.559. The van der Waals surface area contributed by atoms with Crippen LogP contribution in [-0.2, 0) is 18.9 Å². The van der Waals surface area contributed by atoms with Gasteiger partial charge in [-0.2, -0.15) is 0 Å². The number of hydrogen-bond acceptors (Lipinski definition) is 20. The highest BCUT2D eigenvalue weighted by molar-refractivity contribution is 5.88. The van der Waals surface area contributed by atoms with Gasteiger partial charge >= 0.3 is 0 Å². The molecule has 1 aromatic heterocycles. The van der Waals surface area contributed by atoms with Crippen LogP contribution in [0, 0.1) is 0 Å². The van der Waals surface area contributed by atoms with Gasteiger partial charge in [-0.25, -0.2) is 0 Å². The van der Waals surface area contributed by atoms with Gasteiger partial charge in [-0.3, -0.25) is 4.79 Å². The van der Waals surface area contributed by atoms with Crippen LogP contribution in [0.5, 0.6) is 23.0 Å². The van der Waals surface area contributed by atoms with E-state index in [9.17, 15) is 66.1 Å². The Bertz CT molecular complexity index is 1850. The van der Waals surface area contributed by atoms with E-state index in [0.29, 0.717) is 0 Å². The summed E-state index contributed by atoms with van der Waals surface area (Å²) in [5.41, 5.74) is -1.49. The number of phenols is 2. The summed E-state index contributed by atoms with van der Waals surface area (Å²) in [6, 6.07) is 6.09. The van der Waals surface area contributed by atoms with E-state index in [0.717, 1.165) is 12.1 Å². The summed E-state index contributed by atoms with van der Waals surface area (Å²) in [5.74, 6) is -1.72. The zero-order valence-corrected chi connectivity index (χ0v) is 28.6. The summed E-state index contributed by atoms with van der Waals surface area (Å²) < 4.78 is 39.3. The van der Waals surface area contributed by atoms with Crippen LogP contribution in [0.15, 0.2) is 39.5 Å². The van der Waals surface area contributed by atoms with Crippen molar-refractivity contribution in [3.05, 3.63) is 46.1 Å². The molecule has 3 fully saturated rings. The van der Waals surface area contributed by atoms with Crippen molar-refractivity contribution in [2.24, 2.45) is 0 Å². The molecular weight excluding hydrogens is 728 g/mol. The molecule has 0 unspecified atom stereocenters. The van der Waals surface area contributed by atoms with Gasteiger partial charge in [0.05, 0.1) is 32.0 Å². The molecule has 0 aliphatic carbocycles. The number of methoxy groups -OCH3 is 1. The Morgan fingerprint density at radius 1 is 0.704 bits per heavy atom. The number of ether oxygens (including phenoxy) is 6. The third-order valence-corrected chi connectivity index (χ3v) is 9.78. The number of aliphatic hydroxyl groups is 10. The number of aromatic hydroxyl groups is 2. The summed E-state index contributed by atoms with van der Waals surface area (Å²) >= 11 is 0. The van der Waals surface area contributed by atoms with Gasteiger partial charge in [0.15, 0.2) is 23.2 Å². The van der Waals surface area contributed by atoms with Crippen molar-refractivity contribution in [3.8, 4) is 34.3 Å². The molecule has 3 aromatic rings. The highest BCUT2D eigenvalue weighted by Gasteiger charge is 2.50. The van der Waals surface area contributed by atoms with Crippen LogP contribution in [0.25, 0.3) is 22.3 Å². The quantitative estimate of drug-likeness (QED) is 0.100. The molecule has 20 heteroatoms. The lowest BCUT2D eigenvalue weighted by Gasteiger charge is -2.43. The number of fused-ring (bicyclic) bond motifs is 1. The number of phenolic OH excluding ortho intramolecular Hbond substituents is 2. The van der Waals surface area contributed by atoms with E-state index in [1.54, 1.807) is 0 Å². The first kappa shape index (κ1) is 40.0. The minimum absolute atomic E-state index is 0.0376. The summed E-state index contributed by atoms with van der Waals surface area (Å²) in [5, 5.41) is 126. The Morgan fingerprint density at radius 2 is 1.35 bits per heavy atom. The van der Waals surface area contributed by atoms with Crippen molar-refractivity contribution in [2.45, 2.75) is 98.9 Å². The third kappa shape index (κ3) is 7.22. The Hall–Kier alpha value is -3.71. The van der Waals surface area contributed by atoms with E-state index in [4.69, 9.17) is 32.8 Å². The SMILES string of the molecule is COc1cc(-c2cc(=O)c3c(O)c([C@@H]4O[C@H](CO)[C@@H](O)[C@H](O)[C@H]4O)c(O[C@@H]4O[C@H](CO[C@@H]5O[C@@H](C)[C@H](O)[C@@H](O)[C@H]5O)[C@H](O)[C@H](O)[C@H]4O)cc3o2)ccc1O. The van der Waals surface area contributed by atoms with Gasteiger partial charge in [0, 0.05) is 17.7 Å². The third-order valence-electron chi connectivity index (χ3n) is 9.78. The van der Waals surface area contributed by atoms with Gasteiger partial charge in [-0.1, -0.05) is 0 Å². The topological polar surface area (TPSA) is 328 Å². The molecule has 0 saturated carbocycles. The number of aliphatic hydroxyl groups excluding tert-OH is 10. The molecule has 2 aromatic carbocycles. The molecule has 54 heavy (non-hydrogen) atoms. The number of benzene rings is 2. The maximum atomic E-state index is 13.6. The van der Waals surface area contributed by atoms with Crippen LogP contribution < -0.4 is 14.9 Å². The fourth-order valence-corrected chi connectivity index (χ4v) is 6.60. The molecule has 6 rings (SSSR count). The van der Waals surface area contributed by atoms with Gasteiger partial charge in [0.1, 0.15) is 101 Å². The summed E-state index contributed by atoms with van der Waals surface area (Å²) in [7, 11) is 1.30. The fourth-order valence-electron chi connectivity index (χ4n) is 6.60. The van der Waals surface area contributed by atoms with E-state index >= 15 is 0 Å². The van der Waals surface area contributed by atoms with Gasteiger partial charge in [-0.05, 0) is 25.1 Å². The van der Waals surface area contributed by atoms with E-state index in [2.05, 4.69) is 0 Å². The van der Waals surface area contributed by atoms with Gasteiger partial charge in [0.25, 0.3) is 0 Å². The van der Waals surface area contributed by atoms with Gasteiger partial charge in [-0.15, -0.1) is 0 Å². The lowest BCUT2D eigenvalue weighted by atomic mass is 9.89. The predicted octanol–water partition coefficient (Wildman–Crippen LogP) is -3.57. The van der Waals surface area contributed by atoms with E-state index in [-0.39, 0.29) is 28.4 Å². The Kier molecular flexibility index (Phi) is 11.7. The van der Waals surface area contributed by atoms with Crippen LogP contribution in [0.1, 0.15) is 18.6 Å². The number of hydrogen-bond donors (Lipinski definition) is 12. The van der Waals surface area contributed by atoms with Crippen molar-refractivity contribution in [1.82, 2.24) is 0 Å². The molecule has 12 N–H and O–H groups in total. The first-order valence-electron chi connectivity index (χ1n) is 16.8. The first-order valence-corrected chi connectivity index (χ1v) is 16.8. The smallest absolute Gasteiger partial charge is 0.229 e. The lowest BCUT2D eigenvalue weighted by Crippen LogP contribution is -2.61. The van der Waals surface area contributed by atoms with Gasteiger partial charge in [0.2, 0.25) is 6.29 Å². The largest absolute Gasteiger partial charge is 0.506 e. The molecule has 3 aliphatic rings. The second kappa shape index (κ2) is 15.8. The molecule has 0 bridgehead atoms. The van der Waals surface area contributed by atoms with Crippen LogP contribution in [0.4, 0.5) is 0 Å². The molecule has 0 amide bonds. The van der Waals surface area contributed by atoms with Crippen molar-refractivity contribution in [3.63, 3.8) is 0 Å². The van der Waals surface area contributed by atoms with Crippen LogP contribution in [0.2, 0.25) is 0 Å². The normalized spacial score (nSPS) is 37.3. The molecule has 4 heterocycles. The predicted molar refractivity (Wildman–Crippen MR) is 176 cm³/mol. The summed E-state index contributed by atoms with van der Waals surface area (Å²) in [6.07, 6.45) is -25.8. The first-order chi connectivity index (χ1) is 25.6. The standard InChI is InChI=1S/C34H42O20/c1-10-22(38)26(42)30(46)33(50-10)49-9-19-24(40)28(44)31(47)34(54-19)53-17-7-16-20(13(37)6-14(51-16)11-3-4-12(36)15(5-11)48-2)25(41)21(17)32-29(45)27(43)23(39)18(8-35)52-32/h3-7,10,18-19,22-24,26-36,38-47H,8-9H2,1-2H3/t10-,18+,19+,22-,23+,24-,26+,27-,28-,29+,30+,31+,32-,33+,34+/m0/s1. The molecule has 298 valence electrons.